The van der Waals surface area contributed by atoms with E-state index in [2.05, 4.69) is 17.4 Å². The molecular weight excluding hydrogens is 434 g/mol. The molecule has 1 saturated heterocycles. The highest BCUT2D eigenvalue weighted by Gasteiger charge is 2.53. The molecule has 2 heterocycles. The highest BCUT2D eigenvalue weighted by Crippen LogP contribution is 2.33. The van der Waals surface area contributed by atoms with Gasteiger partial charge in [0, 0.05) is 25.2 Å². The topological polar surface area (TPSA) is 51.1 Å². The van der Waals surface area contributed by atoms with Crippen LogP contribution >= 0.6 is 0 Å². The van der Waals surface area contributed by atoms with Crippen LogP contribution in [0.25, 0.3) is 5.69 Å². The van der Waals surface area contributed by atoms with Crippen LogP contribution < -0.4 is 5.32 Å². The third kappa shape index (κ3) is 4.31. The average molecular weight is 465 g/mol. The zero-order valence-electron chi connectivity index (χ0n) is 19.9. The molecule has 1 aliphatic rings. The predicted molar refractivity (Wildman–Crippen MR) is 139 cm³/mol. The number of aromatic nitrogens is 1. The van der Waals surface area contributed by atoms with E-state index in [0.29, 0.717) is 24.2 Å². The Labute approximate surface area is 206 Å². The number of amides is 3. The van der Waals surface area contributed by atoms with E-state index >= 15 is 0 Å². The van der Waals surface area contributed by atoms with Gasteiger partial charge in [-0.25, -0.2) is 9.59 Å². The number of rotatable bonds is 5. The molecule has 3 aromatic carbocycles. The van der Waals surface area contributed by atoms with E-state index in [4.69, 9.17) is 0 Å². The van der Waals surface area contributed by atoms with Gasteiger partial charge in [-0.1, -0.05) is 60.7 Å². The summed E-state index contributed by atoms with van der Waals surface area (Å²) < 4.78 is 1.75. The lowest BCUT2D eigenvalue weighted by molar-refractivity contribution is -0.775. The van der Waals surface area contributed by atoms with Crippen molar-refractivity contribution in [3.8, 4) is 5.69 Å². The molecule has 2 atom stereocenters. The van der Waals surface area contributed by atoms with Crippen LogP contribution in [0, 0.1) is 0 Å². The molecule has 0 bridgehead atoms. The molecule has 4 aromatic rings. The lowest BCUT2D eigenvalue weighted by Gasteiger charge is -2.33. The quantitative estimate of drug-likeness (QED) is 0.346. The summed E-state index contributed by atoms with van der Waals surface area (Å²) in [7, 11) is 0. The highest BCUT2D eigenvalue weighted by molar-refractivity contribution is 6.01. The van der Waals surface area contributed by atoms with Gasteiger partial charge in [0.05, 0.1) is 23.5 Å². The fourth-order valence-electron chi connectivity index (χ4n) is 5.20. The first-order valence-corrected chi connectivity index (χ1v) is 12.2. The molecule has 5 nitrogen and oxygen atoms in total. The molecule has 35 heavy (non-hydrogen) atoms. The maximum Gasteiger partial charge on any atom is 0.429 e. The number of anilines is 1. The van der Waals surface area contributed by atoms with E-state index in [1.165, 1.54) is 0 Å². The summed E-state index contributed by atoms with van der Waals surface area (Å²) in [5.74, 6) is -0.127. The number of hydrogen-bond donors (Lipinski definition) is 1. The number of hydrogen-bond acceptors (Lipinski definition) is 2. The van der Waals surface area contributed by atoms with Crippen molar-refractivity contribution < 1.29 is 14.1 Å². The molecule has 1 unspecified atom stereocenters. The Balaban J connectivity index is 1.50. The van der Waals surface area contributed by atoms with Crippen LogP contribution in [0.4, 0.5) is 10.5 Å². The van der Waals surface area contributed by atoms with Gasteiger partial charge in [0.25, 0.3) is 0 Å². The molecular formula is C30H30N3O2+. The van der Waals surface area contributed by atoms with E-state index in [-0.39, 0.29) is 22.5 Å². The number of nitrogens with zero attached hydrogens (tertiary/aromatic N) is 2. The van der Waals surface area contributed by atoms with E-state index in [1.807, 2.05) is 103 Å². The summed E-state index contributed by atoms with van der Waals surface area (Å²) in [4.78, 5) is 28.2. The fraction of sp³-hybridized carbons (Fsp3) is 0.200. The first-order valence-electron chi connectivity index (χ1n) is 12.2. The molecule has 5 rings (SSSR count). The second kappa shape index (κ2) is 9.72. The van der Waals surface area contributed by atoms with E-state index in [0.717, 1.165) is 29.7 Å². The van der Waals surface area contributed by atoms with Crippen molar-refractivity contribution in [1.29, 1.82) is 0 Å². The van der Waals surface area contributed by atoms with Crippen LogP contribution in [0.2, 0.25) is 0 Å². The maximum absolute atomic E-state index is 14.2. The van der Waals surface area contributed by atoms with Gasteiger partial charge in [-0.2, -0.15) is 4.48 Å². The molecule has 0 radical (unpaired) electrons. The molecule has 176 valence electrons. The number of urea groups is 1. The molecule has 3 amide bonds. The first kappa shape index (κ1) is 22.8. The number of carbonyl (C=O) groups is 2. The lowest BCUT2D eigenvalue weighted by Crippen LogP contribution is -2.61. The minimum absolute atomic E-state index is 0.106. The Kier molecular flexibility index (Phi) is 6.34. The monoisotopic (exact) mass is 464 g/mol. The van der Waals surface area contributed by atoms with Crippen molar-refractivity contribution >= 4 is 17.6 Å². The number of para-hydroxylation sites is 2. The standard InChI is InChI=1S/C30H29N3O2/c1-23-12-11-21-33(23,30(35)31-27-17-7-8-18-28(27)32-19-9-10-20-32)29(34)26-16-6-5-15-25(26)22-24-13-3-2-4-14-24/h2-10,13-20,23H,11-12,21-22H2,1H3/p+1/t23-,33?/m1/s1. The number of benzene rings is 3. The van der Waals surface area contributed by atoms with Gasteiger partial charge < -0.3 is 4.57 Å². The van der Waals surface area contributed by atoms with Crippen LogP contribution in [0.3, 0.4) is 0 Å². The molecule has 1 aliphatic heterocycles. The maximum atomic E-state index is 14.2. The van der Waals surface area contributed by atoms with Crippen molar-refractivity contribution in [3.63, 3.8) is 0 Å². The van der Waals surface area contributed by atoms with Crippen molar-refractivity contribution in [2.24, 2.45) is 0 Å². The van der Waals surface area contributed by atoms with E-state index in [1.54, 1.807) is 0 Å². The van der Waals surface area contributed by atoms with Crippen LogP contribution in [-0.2, 0) is 6.42 Å². The Morgan fingerprint density at radius 1 is 0.886 bits per heavy atom. The fourth-order valence-corrected chi connectivity index (χ4v) is 5.20. The van der Waals surface area contributed by atoms with Crippen molar-refractivity contribution in [1.82, 2.24) is 4.57 Å². The minimum Gasteiger partial charge on any atom is -0.322 e. The molecule has 1 aromatic heterocycles. The molecule has 1 N–H and O–H groups in total. The number of likely N-dealkylation sites (tertiary alicyclic amines) is 1. The Hall–Kier alpha value is -3.96. The Bertz CT molecular complexity index is 1330. The predicted octanol–water partition coefficient (Wildman–Crippen LogP) is 6.44. The summed E-state index contributed by atoms with van der Waals surface area (Å²) in [6.45, 7) is 2.51. The van der Waals surface area contributed by atoms with Crippen molar-refractivity contribution in [2.75, 3.05) is 11.9 Å². The van der Waals surface area contributed by atoms with Crippen molar-refractivity contribution in [3.05, 3.63) is 120 Å². The smallest absolute Gasteiger partial charge is 0.322 e. The van der Waals surface area contributed by atoms with Crippen LogP contribution in [0.5, 0.6) is 0 Å². The first-order chi connectivity index (χ1) is 17.1. The number of nitrogens with one attached hydrogen (secondary N) is 1. The normalized spacial score (nSPS) is 19.4. The second-order valence-corrected chi connectivity index (χ2v) is 9.25. The van der Waals surface area contributed by atoms with Crippen LogP contribution in [-0.4, -0.2) is 33.6 Å². The van der Waals surface area contributed by atoms with Gasteiger partial charge in [-0.15, -0.1) is 0 Å². The minimum atomic E-state index is -0.269. The van der Waals surface area contributed by atoms with E-state index < -0.39 is 0 Å². The summed E-state index contributed by atoms with van der Waals surface area (Å²) >= 11 is 0. The zero-order chi connectivity index (χ0) is 24.3. The van der Waals surface area contributed by atoms with Gasteiger partial charge in [-0.05, 0) is 54.8 Å². The Morgan fingerprint density at radius 3 is 2.31 bits per heavy atom. The SMILES string of the molecule is C[C@@H]1CCC[N+]1(C(=O)Nc1ccccc1-n1cccc1)C(=O)c1ccccc1Cc1ccccc1. The van der Waals surface area contributed by atoms with Gasteiger partial charge >= 0.3 is 11.9 Å². The molecule has 0 aliphatic carbocycles. The number of quaternary nitrogens is 1. The summed E-state index contributed by atoms with van der Waals surface area (Å²) in [5.41, 5.74) is 4.27. The third-order valence-corrected chi connectivity index (χ3v) is 7.12. The van der Waals surface area contributed by atoms with Gasteiger partial charge in [-0.3, -0.25) is 5.32 Å². The lowest BCUT2D eigenvalue weighted by atomic mass is 9.98. The molecule has 0 spiro atoms. The summed E-state index contributed by atoms with van der Waals surface area (Å²) in [6.07, 6.45) is 6.20. The third-order valence-electron chi connectivity index (χ3n) is 7.12. The summed E-state index contributed by atoms with van der Waals surface area (Å²) in [5, 5.41) is 3.12. The van der Waals surface area contributed by atoms with E-state index in [9.17, 15) is 9.59 Å². The van der Waals surface area contributed by atoms with Gasteiger partial charge in [0.2, 0.25) is 0 Å². The summed E-state index contributed by atoms with van der Waals surface area (Å²) in [6, 6.07) is 29.1. The van der Waals surface area contributed by atoms with Crippen LogP contribution in [0.15, 0.2) is 103 Å². The number of imide groups is 1. The van der Waals surface area contributed by atoms with Crippen molar-refractivity contribution in [2.45, 2.75) is 32.2 Å². The molecule has 5 heteroatoms. The number of carbonyl (C=O) groups excluding carboxylic acids is 2. The molecule has 0 saturated carbocycles. The Morgan fingerprint density at radius 2 is 1.57 bits per heavy atom. The second-order valence-electron chi connectivity index (χ2n) is 9.25. The highest BCUT2D eigenvalue weighted by atomic mass is 16.2. The van der Waals surface area contributed by atoms with Crippen LogP contribution in [0.1, 0.15) is 41.3 Å². The van der Waals surface area contributed by atoms with Gasteiger partial charge in [0.1, 0.15) is 6.04 Å². The molecule has 1 fully saturated rings. The zero-order valence-corrected chi connectivity index (χ0v) is 19.9. The average Bonchev–Trinajstić information content (AvgIpc) is 3.56. The van der Waals surface area contributed by atoms with Gasteiger partial charge in [0.15, 0.2) is 0 Å². The largest absolute Gasteiger partial charge is 0.429 e.